The Bertz CT molecular complexity index is 232. The van der Waals surface area contributed by atoms with Crippen LogP contribution in [0, 0.1) is 5.92 Å². The highest BCUT2D eigenvalue weighted by Crippen LogP contribution is 2.34. The number of rotatable bonds is 5. The number of amides is 2. The SMILES string of the molecule is CCC(CC1CC1)NC(=O)NC1CCCC1. The van der Waals surface area contributed by atoms with E-state index in [-0.39, 0.29) is 6.03 Å². The first-order valence-corrected chi connectivity index (χ1v) is 6.85. The van der Waals surface area contributed by atoms with Gasteiger partial charge in [0.2, 0.25) is 0 Å². The molecular formula is C13H24N2O. The van der Waals surface area contributed by atoms with Crippen molar-refractivity contribution < 1.29 is 4.79 Å². The maximum absolute atomic E-state index is 11.7. The minimum atomic E-state index is 0.0550. The van der Waals surface area contributed by atoms with Gasteiger partial charge in [0.05, 0.1) is 0 Å². The third-order valence-electron chi connectivity index (χ3n) is 3.83. The van der Waals surface area contributed by atoms with Gasteiger partial charge in [-0.3, -0.25) is 0 Å². The number of nitrogens with one attached hydrogen (secondary N) is 2. The Kier molecular flexibility index (Phi) is 4.08. The Hall–Kier alpha value is -0.730. The zero-order chi connectivity index (χ0) is 11.4. The summed E-state index contributed by atoms with van der Waals surface area (Å²) in [6.45, 7) is 2.16. The first-order valence-electron chi connectivity index (χ1n) is 6.85. The maximum atomic E-state index is 11.7. The third-order valence-corrected chi connectivity index (χ3v) is 3.83. The maximum Gasteiger partial charge on any atom is 0.315 e. The Labute approximate surface area is 98.4 Å². The van der Waals surface area contributed by atoms with Crippen molar-refractivity contribution >= 4 is 6.03 Å². The second-order valence-corrected chi connectivity index (χ2v) is 5.38. The van der Waals surface area contributed by atoms with Crippen LogP contribution in [0.5, 0.6) is 0 Å². The summed E-state index contributed by atoms with van der Waals surface area (Å²) in [6.07, 6.45) is 9.81. The van der Waals surface area contributed by atoms with Gasteiger partial charge in [0.15, 0.2) is 0 Å². The van der Waals surface area contributed by atoms with E-state index in [0.29, 0.717) is 12.1 Å². The van der Waals surface area contributed by atoms with E-state index in [0.717, 1.165) is 25.2 Å². The molecule has 0 aliphatic heterocycles. The molecule has 0 bridgehead atoms. The van der Waals surface area contributed by atoms with E-state index < -0.39 is 0 Å². The lowest BCUT2D eigenvalue weighted by molar-refractivity contribution is 0.231. The predicted molar refractivity (Wildman–Crippen MR) is 65.3 cm³/mol. The smallest absolute Gasteiger partial charge is 0.315 e. The lowest BCUT2D eigenvalue weighted by Gasteiger charge is -2.19. The summed E-state index contributed by atoms with van der Waals surface area (Å²) >= 11 is 0. The fraction of sp³-hybridized carbons (Fsp3) is 0.923. The van der Waals surface area contributed by atoms with E-state index >= 15 is 0 Å². The van der Waals surface area contributed by atoms with Crippen LogP contribution in [0.2, 0.25) is 0 Å². The molecule has 2 N–H and O–H groups in total. The summed E-state index contributed by atoms with van der Waals surface area (Å²) in [5, 5.41) is 6.20. The number of hydrogen-bond acceptors (Lipinski definition) is 1. The second-order valence-electron chi connectivity index (χ2n) is 5.38. The molecule has 1 atom stereocenters. The first kappa shape index (κ1) is 11.7. The van der Waals surface area contributed by atoms with E-state index in [1.807, 2.05) is 0 Å². The zero-order valence-electron chi connectivity index (χ0n) is 10.3. The van der Waals surface area contributed by atoms with E-state index in [4.69, 9.17) is 0 Å². The second kappa shape index (κ2) is 5.55. The van der Waals surface area contributed by atoms with Crippen molar-refractivity contribution in [3.8, 4) is 0 Å². The molecule has 2 aliphatic carbocycles. The average Bonchev–Trinajstić information content (AvgIpc) is 2.93. The van der Waals surface area contributed by atoms with Gasteiger partial charge in [-0.2, -0.15) is 0 Å². The van der Waals surface area contributed by atoms with E-state index in [1.165, 1.54) is 32.1 Å². The van der Waals surface area contributed by atoms with E-state index in [2.05, 4.69) is 17.6 Å². The van der Waals surface area contributed by atoms with Crippen LogP contribution in [0.4, 0.5) is 4.79 Å². The highest BCUT2D eigenvalue weighted by molar-refractivity contribution is 5.74. The standard InChI is InChI=1S/C13H24N2O/c1-2-11(9-10-7-8-10)14-13(16)15-12-5-3-4-6-12/h10-12H,2-9H2,1H3,(H2,14,15,16). The molecule has 2 saturated carbocycles. The van der Waals surface area contributed by atoms with Crippen LogP contribution in [0.25, 0.3) is 0 Å². The van der Waals surface area contributed by atoms with Crippen LogP contribution in [-0.4, -0.2) is 18.1 Å². The molecule has 92 valence electrons. The van der Waals surface area contributed by atoms with E-state index in [1.54, 1.807) is 0 Å². The molecule has 0 aromatic rings. The molecule has 1 unspecified atom stereocenters. The fourth-order valence-electron chi connectivity index (χ4n) is 2.57. The zero-order valence-corrected chi connectivity index (χ0v) is 10.3. The topological polar surface area (TPSA) is 41.1 Å². The van der Waals surface area contributed by atoms with Crippen molar-refractivity contribution in [1.82, 2.24) is 10.6 Å². The molecule has 3 heteroatoms. The van der Waals surface area contributed by atoms with Crippen molar-refractivity contribution in [3.05, 3.63) is 0 Å². The normalized spacial score (nSPS) is 23.1. The van der Waals surface area contributed by atoms with Crippen molar-refractivity contribution in [2.24, 2.45) is 5.92 Å². The van der Waals surface area contributed by atoms with Crippen LogP contribution in [0.3, 0.4) is 0 Å². The number of hydrogen-bond donors (Lipinski definition) is 2. The molecule has 0 spiro atoms. The third kappa shape index (κ3) is 3.69. The van der Waals surface area contributed by atoms with Crippen LogP contribution in [0.15, 0.2) is 0 Å². The number of urea groups is 1. The van der Waals surface area contributed by atoms with Crippen molar-refractivity contribution in [2.45, 2.75) is 70.4 Å². The minimum absolute atomic E-state index is 0.0550. The van der Waals surface area contributed by atoms with Gasteiger partial charge in [0.1, 0.15) is 0 Å². The lowest BCUT2D eigenvalue weighted by Crippen LogP contribution is -2.45. The molecule has 2 amide bonds. The summed E-state index contributed by atoms with van der Waals surface area (Å²) in [5.74, 6) is 0.886. The minimum Gasteiger partial charge on any atom is -0.335 e. The highest BCUT2D eigenvalue weighted by atomic mass is 16.2. The van der Waals surface area contributed by atoms with Gasteiger partial charge in [0, 0.05) is 12.1 Å². The molecule has 0 aromatic carbocycles. The van der Waals surface area contributed by atoms with E-state index in [9.17, 15) is 4.79 Å². The summed E-state index contributed by atoms with van der Waals surface area (Å²) in [4.78, 5) is 11.7. The molecule has 2 fully saturated rings. The Morgan fingerprint density at radius 1 is 1.25 bits per heavy atom. The molecule has 3 nitrogen and oxygen atoms in total. The van der Waals surface area contributed by atoms with Gasteiger partial charge in [-0.1, -0.05) is 32.6 Å². The Balaban J connectivity index is 1.66. The monoisotopic (exact) mass is 224 g/mol. The number of carbonyl (C=O) groups excluding carboxylic acids is 1. The first-order chi connectivity index (χ1) is 7.78. The van der Waals surface area contributed by atoms with Gasteiger partial charge in [0.25, 0.3) is 0 Å². The van der Waals surface area contributed by atoms with Crippen molar-refractivity contribution in [2.75, 3.05) is 0 Å². The Morgan fingerprint density at radius 3 is 2.50 bits per heavy atom. The van der Waals surface area contributed by atoms with Crippen molar-refractivity contribution in [1.29, 1.82) is 0 Å². The molecule has 0 radical (unpaired) electrons. The quantitative estimate of drug-likeness (QED) is 0.740. The summed E-state index contributed by atoms with van der Waals surface area (Å²) < 4.78 is 0. The number of carbonyl (C=O) groups is 1. The van der Waals surface area contributed by atoms with Crippen LogP contribution in [0.1, 0.15) is 58.3 Å². The van der Waals surface area contributed by atoms with Gasteiger partial charge >= 0.3 is 6.03 Å². The van der Waals surface area contributed by atoms with Gasteiger partial charge in [-0.15, -0.1) is 0 Å². The fourth-order valence-corrected chi connectivity index (χ4v) is 2.57. The predicted octanol–water partition coefficient (Wildman–Crippen LogP) is 2.81. The van der Waals surface area contributed by atoms with Crippen LogP contribution >= 0.6 is 0 Å². The summed E-state index contributed by atoms with van der Waals surface area (Å²) in [6, 6.07) is 0.867. The van der Waals surface area contributed by atoms with Gasteiger partial charge < -0.3 is 10.6 Å². The molecule has 0 heterocycles. The molecular weight excluding hydrogens is 200 g/mol. The Morgan fingerprint density at radius 2 is 1.94 bits per heavy atom. The average molecular weight is 224 g/mol. The van der Waals surface area contributed by atoms with Crippen molar-refractivity contribution in [3.63, 3.8) is 0 Å². The van der Waals surface area contributed by atoms with Gasteiger partial charge in [-0.25, -0.2) is 4.79 Å². The largest absolute Gasteiger partial charge is 0.335 e. The lowest BCUT2D eigenvalue weighted by atomic mass is 10.1. The molecule has 0 saturated heterocycles. The highest BCUT2D eigenvalue weighted by Gasteiger charge is 2.26. The molecule has 16 heavy (non-hydrogen) atoms. The van der Waals surface area contributed by atoms with Gasteiger partial charge in [-0.05, 0) is 31.6 Å². The molecule has 0 aromatic heterocycles. The summed E-state index contributed by atoms with van der Waals surface area (Å²) in [5.41, 5.74) is 0. The molecule has 2 aliphatic rings. The molecule has 2 rings (SSSR count). The van der Waals surface area contributed by atoms with Crippen LogP contribution < -0.4 is 10.6 Å². The van der Waals surface area contributed by atoms with Crippen LogP contribution in [-0.2, 0) is 0 Å². The summed E-state index contributed by atoms with van der Waals surface area (Å²) in [7, 11) is 0.